The number of rotatable bonds is 3. The lowest BCUT2D eigenvalue weighted by Gasteiger charge is -2.21. The van der Waals surface area contributed by atoms with Crippen molar-refractivity contribution in [3.05, 3.63) is 24.4 Å². The fourth-order valence-electron chi connectivity index (χ4n) is 2.09. The van der Waals surface area contributed by atoms with Crippen molar-refractivity contribution in [1.82, 2.24) is 10.2 Å². The van der Waals surface area contributed by atoms with Gasteiger partial charge in [-0.2, -0.15) is 5.10 Å². The van der Waals surface area contributed by atoms with Gasteiger partial charge in [0.05, 0.1) is 11.7 Å². The first-order valence-corrected chi connectivity index (χ1v) is 5.87. The molecule has 1 heterocycles. The average molecular weight is 215 g/mol. The normalized spacial score (nSPS) is 19.6. The van der Waals surface area contributed by atoms with Crippen molar-refractivity contribution in [1.29, 1.82) is 0 Å². The Bertz CT molecular complexity index is 511. The summed E-state index contributed by atoms with van der Waals surface area (Å²) in [5, 5.41) is 11.7. The van der Waals surface area contributed by atoms with E-state index in [0.29, 0.717) is 11.5 Å². The van der Waals surface area contributed by atoms with Crippen LogP contribution in [0.25, 0.3) is 10.9 Å². The first-order valence-electron chi connectivity index (χ1n) is 5.87. The SMILES string of the molecule is CC(Nc1ccc2[nH]ncc2c1)C1(C)CC1. The van der Waals surface area contributed by atoms with Gasteiger partial charge in [-0.3, -0.25) is 5.10 Å². The zero-order chi connectivity index (χ0) is 11.2. The molecule has 0 bridgehead atoms. The summed E-state index contributed by atoms with van der Waals surface area (Å²) in [6.07, 6.45) is 4.55. The van der Waals surface area contributed by atoms with E-state index in [0.717, 1.165) is 10.9 Å². The molecule has 1 atom stereocenters. The van der Waals surface area contributed by atoms with Gasteiger partial charge in [-0.15, -0.1) is 0 Å². The summed E-state index contributed by atoms with van der Waals surface area (Å²) in [6, 6.07) is 6.88. The largest absolute Gasteiger partial charge is 0.382 e. The third kappa shape index (κ3) is 1.56. The minimum absolute atomic E-state index is 0.505. The number of hydrogen-bond donors (Lipinski definition) is 2. The summed E-state index contributed by atoms with van der Waals surface area (Å²) < 4.78 is 0. The minimum atomic E-state index is 0.505. The van der Waals surface area contributed by atoms with Crippen molar-refractivity contribution in [3.8, 4) is 0 Å². The van der Waals surface area contributed by atoms with Gasteiger partial charge in [0.1, 0.15) is 0 Å². The molecular weight excluding hydrogens is 198 g/mol. The van der Waals surface area contributed by atoms with E-state index in [2.05, 4.69) is 47.6 Å². The standard InChI is InChI=1S/C13H17N3/c1-9(13(2)5-6-13)15-11-3-4-12-10(7-11)8-14-16-12/h3-4,7-9,15H,5-6H2,1-2H3,(H,14,16). The van der Waals surface area contributed by atoms with E-state index in [4.69, 9.17) is 0 Å². The van der Waals surface area contributed by atoms with Gasteiger partial charge in [-0.25, -0.2) is 0 Å². The molecule has 3 heteroatoms. The second kappa shape index (κ2) is 3.24. The van der Waals surface area contributed by atoms with Gasteiger partial charge in [0.2, 0.25) is 0 Å². The molecule has 0 amide bonds. The van der Waals surface area contributed by atoms with Crippen LogP contribution >= 0.6 is 0 Å². The van der Waals surface area contributed by atoms with Crippen LogP contribution in [0.4, 0.5) is 5.69 Å². The van der Waals surface area contributed by atoms with Crippen LogP contribution in [0.5, 0.6) is 0 Å². The fraction of sp³-hybridized carbons (Fsp3) is 0.462. The Balaban J connectivity index is 1.83. The minimum Gasteiger partial charge on any atom is -0.382 e. The van der Waals surface area contributed by atoms with Crippen molar-refractivity contribution in [2.75, 3.05) is 5.32 Å². The first-order chi connectivity index (χ1) is 7.67. The summed E-state index contributed by atoms with van der Waals surface area (Å²) in [7, 11) is 0. The van der Waals surface area contributed by atoms with Crippen molar-refractivity contribution in [3.63, 3.8) is 0 Å². The summed E-state index contributed by atoms with van der Waals surface area (Å²) in [4.78, 5) is 0. The molecule has 0 radical (unpaired) electrons. The highest BCUT2D eigenvalue weighted by molar-refractivity contribution is 5.81. The topological polar surface area (TPSA) is 40.7 Å². The van der Waals surface area contributed by atoms with Crippen LogP contribution in [0.1, 0.15) is 26.7 Å². The molecule has 3 nitrogen and oxygen atoms in total. The van der Waals surface area contributed by atoms with E-state index in [9.17, 15) is 0 Å². The lowest BCUT2D eigenvalue weighted by molar-refractivity contribution is 0.493. The Morgan fingerprint density at radius 1 is 1.44 bits per heavy atom. The maximum atomic E-state index is 4.03. The van der Waals surface area contributed by atoms with Crippen LogP contribution in [0, 0.1) is 5.41 Å². The smallest absolute Gasteiger partial charge is 0.0651 e. The number of benzene rings is 1. The summed E-state index contributed by atoms with van der Waals surface area (Å²) in [6.45, 7) is 4.62. The lowest BCUT2D eigenvalue weighted by Crippen LogP contribution is -2.24. The van der Waals surface area contributed by atoms with Crippen molar-refractivity contribution >= 4 is 16.6 Å². The molecule has 0 spiro atoms. The summed E-state index contributed by atoms with van der Waals surface area (Å²) in [5.74, 6) is 0. The third-order valence-corrected chi connectivity index (χ3v) is 3.91. The molecule has 1 aromatic carbocycles. The van der Waals surface area contributed by atoms with Gasteiger partial charge < -0.3 is 5.32 Å². The van der Waals surface area contributed by atoms with E-state index in [1.807, 2.05) is 6.20 Å². The second-order valence-electron chi connectivity index (χ2n) is 5.19. The highest BCUT2D eigenvalue weighted by atomic mass is 15.1. The highest BCUT2D eigenvalue weighted by Gasteiger charge is 2.42. The van der Waals surface area contributed by atoms with E-state index in [1.54, 1.807) is 0 Å². The van der Waals surface area contributed by atoms with Crippen molar-refractivity contribution in [2.45, 2.75) is 32.7 Å². The predicted octanol–water partition coefficient (Wildman–Crippen LogP) is 3.16. The number of anilines is 1. The van der Waals surface area contributed by atoms with Crippen LogP contribution in [-0.4, -0.2) is 16.2 Å². The molecule has 1 saturated carbocycles. The quantitative estimate of drug-likeness (QED) is 0.825. The second-order valence-corrected chi connectivity index (χ2v) is 5.19. The van der Waals surface area contributed by atoms with Gasteiger partial charge >= 0.3 is 0 Å². The molecule has 1 aromatic heterocycles. The molecule has 2 aromatic rings. The molecule has 16 heavy (non-hydrogen) atoms. The number of nitrogens with one attached hydrogen (secondary N) is 2. The van der Waals surface area contributed by atoms with Crippen molar-refractivity contribution < 1.29 is 0 Å². The molecule has 3 rings (SSSR count). The molecule has 1 aliphatic rings. The molecule has 2 N–H and O–H groups in total. The third-order valence-electron chi connectivity index (χ3n) is 3.91. The number of H-pyrrole nitrogens is 1. The Labute approximate surface area is 95.2 Å². The molecule has 0 saturated heterocycles. The van der Waals surface area contributed by atoms with Crippen molar-refractivity contribution in [2.24, 2.45) is 5.41 Å². The lowest BCUT2D eigenvalue weighted by atomic mass is 10.0. The molecule has 0 aliphatic heterocycles. The van der Waals surface area contributed by atoms with Crippen LogP contribution in [-0.2, 0) is 0 Å². The maximum absolute atomic E-state index is 4.03. The number of nitrogens with zero attached hydrogens (tertiary/aromatic N) is 1. The van der Waals surface area contributed by atoms with Crippen LogP contribution in [0.15, 0.2) is 24.4 Å². The number of hydrogen-bond acceptors (Lipinski definition) is 2. The van der Waals surface area contributed by atoms with E-state index < -0.39 is 0 Å². The molecular formula is C13H17N3. The Morgan fingerprint density at radius 2 is 2.25 bits per heavy atom. The molecule has 84 valence electrons. The number of aromatic amines is 1. The number of aromatic nitrogens is 2. The summed E-state index contributed by atoms with van der Waals surface area (Å²) in [5.41, 5.74) is 2.79. The van der Waals surface area contributed by atoms with Crippen LogP contribution in [0.3, 0.4) is 0 Å². The van der Waals surface area contributed by atoms with Gasteiger partial charge in [0.25, 0.3) is 0 Å². The van der Waals surface area contributed by atoms with E-state index in [-0.39, 0.29) is 0 Å². The van der Waals surface area contributed by atoms with E-state index in [1.165, 1.54) is 18.5 Å². The zero-order valence-electron chi connectivity index (χ0n) is 9.75. The number of fused-ring (bicyclic) bond motifs is 1. The Morgan fingerprint density at radius 3 is 3.00 bits per heavy atom. The summed E-state index contributed by atoms with van der Waals surface area (Å²) >= 11 is 0. The van der Waals surface area contributed by atoms with Gasteiger partial charge in [0, 0.05) is 17.1 Å². The van der Waals surface area contributed by atoms with Crippen LogP contribution < -0.4 is 5.32 Å². The monoisotopic (exact) mass is 215 g/mol. The van der Waals surface area contributed by atoms with Crippen LogP contribution in [0.2, 0.25) is 0 Å². The molecule has 1 unspecified atom stereocenters. The highest BCUT2D eigenvalue weighted by Crippen LogP contribution is 2.48. The fourth-order valence-corrected chi connectivity index (χ4v) is 2.09. The Kier molecular flexibility index (Phi) is 1.96. The van der Waals surface area contributed by atoms with E-state index >= 15 is 0 Å². The van der Waals surface area contributed by atoms with Gasteiger partial charge in [-0.05, 0) is 43.4 Å². The molecule has 1 fully saturated rings. The Hall–Kier alpha value is -1.51. The maximum Gasteiger partial charge on any atom is 0.0651 e. The predicted molar refractivity (Wildman–Crippen MR) is 66.5 cm³/mol. The zero-order valence-corrected chi connectivity index (χ0v) is 9.75. The molecule has 1 aliphatic carbocycles. The van der Waals surface area contributed by atoms with Gasteiger partial charge in [0.15, 0.2) is 0 Å². The first kappa shape index (κ1) is 9.70. The van der Waals surface area contributed by atoms with Gasteiger partial charge in [-0.1, -0.05) is 6.92 Å². The average Bonchev–Trinajstić information content (AvgIpc) is 2.87.